The van der Waals surface area contributed by atoms with E-state index in [2.05, 4.69) is 15.1 Å². The van der Waals surface area contributed by atoms with Crippen LogP contribution in [0.15, 0.2) is 59.4 Å². The van der Waals surface area contributed by atoms with Crippen LogP contribution in [-0.4, -0.2) is 19.7 Å². The summed E-state index contributed by atoms with van der Waals surface area (Å²) in [6.45, 7) is 0.628. The van der Waals surface area contributed by atoms with Crippen molar-refractivity contribution in [1.82, 2.24) is 19.7 Å². The molecule has 6 nitrogen and oxygen atoms in total. The molecular formula is C20H14F2N4O2. The second-order valence-electron chi connectivity index (χ2n) is 6.42. The van der Waals surface area contributed by atoms with Crippen LogP contribution in [0.5, 0.6) is 0 Å². The summed E-state index contributed by atoms with van der Waals surface area (Å²) in [5, 5.41) is 3.86. The standard InChI is InChI=1S/C20H14F2N4O2/c21-14-7-3-1-5-12(14)17-9-26-11-23-18(16(26)10-27-17)20-24-19(25-28-20)13-6-2-4-8-15(13)22/h1-8,11,17H,9-10H2. The predicted octanol–water partition coefficient (Wildman–Crippen LogP) is 4.15. The lowest BCUT2D eigenvalue weighted by Gasteiger charge is -2.25. The summed E-state index contributed by atoms with van der Waals surface area (Å²) in [6, 6.07) is 12.7. The molecule has 1 atom stereocenters. The number of hydrogen-bond donors (Lipinski definition) is 0. The SMILES string of the molecule is Fc1ccccc1-c1noc(-c2ncn3c2COC(c2ccccc2F)C3)n1. The summed E-state index contributed by atoms with van der Waals surface area (Å²) in [4.78, 5) is 8.62. The van der Waals surface area contributed by atoms with Gasteiger partial charge in [-0.05, 0) is 18.2 Å². The van der Waals surface area contributed by atoms with Crippen molar-refractivity contribution in [3.8, 4) is 23.0 Å². The average molecular weight is 380 g/mol. The van der Waals surface area contributed by atoms with Gasteiger partial charge in [0.25, 0.3) is 5.89 Å². The first-order valence-corrected chi connectivity index (χ1v) is 8.69. The number of halogens is 2. The summed E-state index contributed by atoms with van der Waals surface area (Å²) < 4.78 is 41.0. The van der Waals surface area contributed by atoms with Crippen molar-refractivity contribution < 1.29 is 18.0 Å². The Morgan fingerprint density at radius 2 is 1.79 bits per heavy atom. The molecule has 0 saturated carbocycles. The highest BCUT2D eigenvalue weighted by molar-refractivity contribution is 5.59. The van der Waals surface area contributed by atoms with E-state index in [4.69, 9.17) is 9.26 Å². The van der Waals surface area contributed by atoms with Crippen LogP contribution in [0.3, 0.4) is 0 Å². The summed E-state index contributed by atoms with van der Waals surface area (Å²) in [5.41, 5.74) is 1.97. The molecular weight excluding hydrogens is 366 g/mol. The molecule has 8 heteroatoms. The molecule has 0 bridgehead atoms. The zero-order valence-corrected chi connectivity index (χ0v) is 14.5. The van der Waals surface area contributed by atoms with Gasteiger partial charge in [-0.25, -0.2) is 13.8 Å². The minimum atomic E-state index is -0.433. The maximum atomic E-state index is 14.0. The smallest absolute Gasteiger partial charge is 0.278 e. The molecule has 140 valence electrons. The van der Waals surface area contributed by atoms with Crippen LogP contribution >= 0.6 is 0 Å². The summed E-state index contributed by atoms with van der Waals surface area (Å²) in [7, 11) is 0. The van der Waals surface area contributed by atoms with Crippen molar-refractivity contribution in [2.24, 2.45) is 0 Å². The van der Waals surface area contributed by atoms with Gasteiger partial charge >= 0.3 is 0 Å². The largest absolute Gasteiger partial charge is 0.365 e. The van der Waals surface area contributed by atoms with Crippen molar-refractivity contribution in [2.45, 2.75) is 19.3 Å². The zero-order valence-electron chi connectivity index (χ0n) is 14.5. The fraction of sp³-hybridized carbons (Fsp3) is 0.150. The Hall–Kier alpha value is -3.39. The normalized spacial score (nSPS) is 16.1. The Morgan fingerprint density at radius 3 is 2.61 bits per heavy atom. The fourth-order valence-electron chi connectivity index (χ4n) is 3.30. The van der Waals surface area contributed by atoms with E-state index in [1.807, 2.05) is 4.57 Å². The molecule has 1 aliphatic rings. The molecule has 28 heavy (non-hydrogen) atoms. The Kier molecular flexibility index (Phi) is 3.98. The fourth-order valence-corrected chi connectivity index (χ4v) is 3.30. The molecule has 2 aromatic carbocycles. The molecule has 0 amide bonds. The lowest BCUT2D eigenvalue weighted by atomic mass is 10.1. The predicted molar refractivity (Wildman–Crippen MR) is 94.8 cm³/mol. The second kappa shape index (κ2) is 6.65. The van der Waals surface area contributed by atoms with Gasteiger partial charge in [0.15, 0.2) is 5.69 Å². The van der Waals surface area contributed by atoms with Gasteiger partial charge in [-0.2, -0.15) is 4.98 Å². The van der Waals surface area contributed by atoms with Crippen LogP contribution in [-0.2, 0) is 17.9 Å². The third-order valence-corrected chi connectivity index (χ3v) is 4.73. The molecule has 3 heterocycles. The monoisotopic (exact) mass is 380 g/mol. The molecule has 0 N–H and O–H groups in total. The third kappa shape index (κ3) is 2.78. The molecule has 0 saturated heterocycles. The Bertz CT molecular complexity index is 1150. The van der Waals surface area contributed by atoms with E-state index in [1.165, 1.54) is 12.1 Å². The number of aromatic nitrogens is 4. The van der Waals surface area contributed by atoms with Crippen LogP contribution < -0.4 is 0 Å². The van der Waals surface area contributed by atoms with E-state index in [0.29, 0.717) is 17.8 Å². The number of rotatable bonds is 3. The van der Waals surface area contributed by atoms with Gasteiger partial charge in [-0.3, -0.25) is 0 Å². The van der Waals surface area contributed by atoms with Gasteiger partial charge < -0.3 is 13.8 Å². The van der Waals surface area contributed by atoms with Gasteiger partial charge in [0.2, 0.25) is 5.82 Å². The van der Waals surface area contributed by atoms with E-state index in [-0.39, 0.29) is 29.7 Å². The van der Waals surface area contributed by atoms with Crippen molar-refractivity contribution in [3.63, 3.8) is 0 Å². The van der Waals surface area contributed by atoms with Crippen LogP contribution in [0.2, 0.25) is 0 Å². The van der Waals surface area contributed by atoms with Crippen molar-refractivity contribution in [2.75, 3.05) is 0 Å². The third-order valence-electron chi connectivity index (χ3n) is 4.73. The molecule has 1 aliphatic heterocycles. The van der Waals surface area contributed by atoms with Gasteiger partial charge in [0.05, 0.1) is 30.7 Å². The second-order valence-corrected chi connectivity index (χ2v) is 6.42. The van der Waals surface area contributed by atoms with E-state index in [1.54, 1.807) is 42.7 Å². The van der Waals surface area contributed by atoms with E-state index < -0.39 is 11.9 Å². The maximum Gasteiger partial charge on any atom is 0.278 e. The Labute approximate surface area is 158 Å². The van der Waals surface area contributed by atoms with Crippen molar-refractivity contribution in [1.29, 1.82) is 0 Å². The summed E-state index contributed by atoms with van der Waals surface area (Å²) in [6.07, 6.45) is 1.22. The Morgan fingerprint density at radius 1 is 1.00 bits per heavy atom. The number of benzene rings is 2. The topological polar surface area (TPSA) is 66.0 Å². The average Bonchev–Trinajstić information content (AvgIpc) is 3.35. The molecule has 2 aromatic heterocycles. The minimum absolute atomic E-state index is 0.149. The number of hydrogen-bond acceptors (Lipinski definition) is 5. The number of imidazole rings is 1. The van der Waals surface area contributed by atoms with Crippen molar-refractivity contribution >= 4 is 0 Å². The van der Waals surface area contributed by atoms with Gasteiger partial charge in [-0.1, -0.05) is 35.5 Å². The molecule has 0 spiro atoms. The highest BCUT2D eigenvalue weighted by Gasteiger charge is 2.28. The molecule has 0 fully saturated rings. The number of fused-ring (bicyclic) bond motifs is 1. The zero-order chi connectivity index (χ0) is 19.1. The van der Waals surface area contributed by atoms with Crippen LogP contribution in [0.1, 0.15) is 17.4 Å². The van der Waals surface area contributed by atoms with Crippen LogP contribution in [0.25, 0.3) is 23.0 Å². The first kappa shape index (κ1) is 16.8. The molecule has 4 aromatic rings. The van der Waals surface area contributed by atoms with E-state index in [0.717, 1.165) is 5.69 Å². The lowest BCUT2D eigenvalue weighted by Crippen LogP contribution is -2.21. The van der Waals surface area contributed by atoms with E-state index >= 15 is 0 Å². The first-order valence-electron chi connectivity index (χ1n) is 8.69. The van der Waals surface area contributed by atoms with E-state index in [9.17, 15) is 8.78 Å². The van der Waals surface area contributed by atoms with Gasteiger partial charge in [-0.15, -0.1) is 0 Å². The van der Waals surface area contributed by atoms with Gasteiger partial charge in [0, 0.05) is 5.56 Å². The summed E-state index contributed by atoms with van der Waals surface area (Å²) in [5.74, 6) is -0.406. The number of nitrogens with zero attached hydrogens (tertiary/aromatic N) is 4. The lowest BCUT2D eigenvalue weighted by molar-refractivity contribution is 0.00126. The molecule has 0 radical (unpaired) electrons. The highest BCUT2D eigenvalue weighted by atomic mass is 19.1. The minimum Gasteiger partial charge on any atom is -0.365 e. The van der Waals surface area contributed by atoms with Crippen LogP contribution in [0, 0.1) is 11.6 Å². The molecule has 5 rings (SSSR count). The molecule has 0 aliphatic carbocycles. The summed E-state index contributed by atoms with van der Waals surface area (Å²) >= 11 is 0. The first-order chi connectivity index (χ1) is 13.7. The van der Waals surface area contributed by atoms with Crippen molar-refractivity contribution in [3.05, 3.63) is 77.8 Å². The Balaban J connectivity index is 1.45. The quantitative estimate of drug-likeness (QED) is 0.534. The molecule has 1 unspecified atom stereocenters. The van der Waals surface area contributed by atoms with Gasteiger partial charge in [0.1, 0.15) is 17.7 Å². The number of ether oxygens (including phenoxy) is 1. The highest BCUT2D eigenvalue weighted by Crippen LogP contribution is 2.32. The van der Waals surface area contributed by atoms with Crippen LogP contribution in [0.4, 0.5) is 8.78 Å². The maximum absolute atomic E-state index is 14.0.